The van der Waals surface area contributed by atoms with Gasteiger partial charge in [-0.2, -0.15) is 5.10 Å². The molecule has 2 aliphatic heterocycles. The van der Waals surface area contributed by atoms with Crippen molar-refractivity contribution in [1.82, 2.24) is 44.7 Å². The van der Waals surface area contributed by atoms with Crippen LogP contribution in [0.5, 0.6) is 11.5 Å². The number of amides is 4. The molecule has 4 amide bonds. The molecule has 2 fully saturated rings. The van der Waals surface area contributed by atoms with Gasteiger partial charge in [0.1, 0.15) is 40.2 Å². The predicted octanol–water partition coefficient (Wildman–Crippen LogP) is 7.77. The number of nitrogens with one attached hydrogen (secondary N) is 3. The van der Waals surface area contributed by atoms with Crippen LogP contribution in [0, 0.1) is 20.8 Å². The summed E-state index contributed by atoms with van der Waals surface area (Å²) in [6.07, 6.45) is 2.07. The first-order valence-corrected chi connectivity index (χ1v) is 25.3. The third kappa shape index (κ3) is 10.7. The van der Waals surface area contributed by atoms with Gasteiger partial charge in [0.2, 0.25) is 11.8 Å². The van der Waals surface area contributed by atoms with Crippen molar-refractivity contribution < 1.29 is 38.2 Å². The minimum Gasteiger partial charge on any atom is -0.493 e. The number of carbonyl (C=O) groups is 5. The lowest BCUT2D eigenvalue weighted by Gasteiger charge is -2.35. The third-order valence-corrected chi connectivity index (χ3v) is 14.5. The standard InChI is InChI=1S/C55H62ClN9O8/c1-8-55(5,6)73-54(70)51-38(16-12-28-71-44-17-11-14-35-13-9-10-15-37(35)44)39-18-19-41(56)48(47-32(2)61-62(7)33(47)3)50(39)65(51)27-24-63-22-25-64(26-23-63)46(67)31-72-36-29-40(49-43(30-36)57-34(4)58-49)52(68)59-42-20-21-45(66)60-53(42)69/h9-11,13-15,17-19,29-30,42H,8,12,16,20-28,31H2,1-7H3,(H,57,58)(H,59,68)(H,60,66,69). The maximum Gasteiger partial charge on any atom is 0.355 e. The van der Waals surface area contributed by atoms with E-state index in [-0.39, 0.29) is 42.6 Å². The van der Waals surface area contributed by atoms with E-state index in [4.69, 9.17) is 30.9 Å². The number of nitrogens with zero attached hydrogens (tertiary/aromatic N) is 6. The van der Waals surface area contributed by atoms with Gasteiger partial charge in [-0.25, -0.2) is 9.78 Å². The normalized spacial score (nSPS) is 15.6. The van der Waals surface area contributed by atoms with Crippen LogP contribution < -0.4 is 20.1 Å². The van der Waals surface area contributed by atoms with Gasteiger partial charge in [0.05, 0.1) is 33.9 Å². The Morgan fingerprint density at radius 3 is 2.42 bits per heavy atom. The lowest BCUT2D eigenvalue weighted by Crippen LogP contribution is -2.52. The molecule has 1 unspecified atom stereocenters. The molecule has 382 valence electrons. The first-order valence-electron chi connectivity index (χ1n) is 25.0. The molecule has 1 atom stereocenters. The Morgan fingerprint density at radius 2 is 1.68 bits per heavy atom. The number of ether oxygens (including phenoxy) is 3. The number of aromatic amines is 1. The number of piperazine rings is 1. The van der Waals surface area contributed by atoms with Crippen molar-refractivity contribution in [2.24, 2.45) is 7.05 Å². The molecule has 73 heavy (non-hydrogen) atoms. The van der Waals surface area contributed by atoms with E-state index >= 15 is 0 Å². The molecule has 2 aliphatic rings. The smallest absolute Gasteiger partial charge is 0.355 e. The second-order valence-electron chi connectivity index (χ2n) is 19.6. The number of carbonyl (C=O) groups excluding carboxylic acids is 5. The van der Waals surface area contributed by atoms with E-state index in [2.05, 4.69) is 48.3 Å². The molecule has 4 aromatic carbocycles. The SMILES string of the molecule is CCC(C)(C)OC(=O)c1c(CCCOc2cccc3ccccc23)c2ccc(Cl)c(-c3c(C)nn(C)c3C)c2n1CCN1CCN(C(=O)COc2cc(C(=O)NC3CCC(=O)NC3=O)c3nc(C)[nH]c3c2)CC1. The van der Waals surface area contributed by atoms with Gasteiger partial charge in [-0.3, -0.25) is 34.1 Å². The number of hydrogen-bond acceptors (Lipinski definition) is 11. The lowest BCUT2D eigenvalue weighted by molar-refractivity contribution is -0.136. The molecule has 0 radical (unpaired) electrons. The Bertz CT molecular complexity index is 3290. The Labute approximate surface area is 428 Å². The number of fused-ring (bicyclic) bond motifs is 3. The Kier molecular flexibility index (Phi) is 14.6. The van der Waals surface area contributed by atoms with Crippen molar-refractivity contribution in [1.29, 1.82) is 0 Å². The highest BCUT2D eigenvalue weighted by Crippen LogP contribution is 2.43. The molecular formula is C55H62ClN9O8. The molecule has 9 rings (SSSR count). The molecule has 0 spiro atoms. The average molecular weight is 1010 g/mol. The van der Waals surface area contributed by atoms with E-state index in [0.29, 0.717) is 92.7 Å². The summed E-state index contributed by atoms with van der Waals surface area (Å²) in [5.74, 6) is -0.478. The van der Waals surface area contributed by atoms with Gasteiger partial charge in [0.15, 0.2) is 6.61 Å². The predicted molar refractivity (Wildman–Crippen MR) is 279 cm³/mol. The maximum atomic E-state index is 14.8. The highest BCUT2D eigenvalue weighted by molar-refractivity contribution is 6.35. The zero-order valence-corrected chi connectivity index (χ0v) is 43.2. The van der Waals surface area contributed by atoms with Gasteiger partial charge in [-0.15, -0.1) is 0 Å². The van der Waals surface area contributed by atoms with Crippen LogP contribution in [0.2, 0.25) is 5.02 Å². The summed E-state index contributed by atoms with van der Waals surface area (Å²) in [5, 5.41) is 13.3. The van der Waals surface area contributed by atoms with Gasteiger partial charge in [0, 0.05) is 86.4 Å². The van der Waals surface area contributed by atoms with E-state index in [1.54, 1.807) is 17.9 Å². The van der Waals surface area contributed by atoms with Crippen LogP contribution >= 0.6 is 11.6 Å². The van der Waals surface area contributed by atoms with Crippen molar-refractivity contribution in [2.45, 2.75) is 91.8 Å². The summed E-state index contributed by atoms with van der Waals surface area (Å²) in [6.45, 7) is 14.8. The van der Waals surface area contributed by atoms with Crippen LogP contribution in [0.4, 0.5) is 0 Å². The summed E-state index contributed by atoms with van der Waals surface area (Å²) in [5.41, 5.74) is 6.03. The van der Waals surface area contributed by atoms with Crippen LogP contribution in [0.15, 0.2) is 66.7 Å². The zero-order valence-electron chi connectivity index (χ0n) is 42.4. The minimum absolute atomic E-state index is 0.112. The summed E-state index contributed by atoms with van der Waals surface area (Å²) >= 11 is 7.24. The minimum atomic E-state index is -0.879. The van der Waals surface area contributed by atoms with E-state index in [0.717, 1.165) is 55.5 Å². The first-order chi connectivity index (χ1) is 35.0. The average Bonchev–Trinajstić information content (AvgIpc) is 3.99. The van der Waals surface area contributed by atoms with E-state index in [9.17, 15) is 24.0 Å². The van der Waals surface area contributed by atoms with Crippen LogP contribution in [0.1, 0.15) is 90.1 Å². The molecule has 3 aromatic heterocycles. The monoisotopic (exact) mass is 1010 g/mol. The van der Waals surface area contributed by atoms with Crippen LogP contribution in [0.3, 0.4) is 0 Å². The van der Waals surface area contributed by atoms with Gasteiger partial charge < -0.3 is 34.0 Å². The number of imide groups is 1. The number of halogens is 1. The van der Waals surface area contributed by atoms with E-state index < -0.39 is 29.4 Å². The van der Waals surface area contributed by atoms with Crippen molar-refractivity contribution in [3.63, 3.8) is 0 Å². The molecule has 0 saturated carbocycles. The molecule has 0 bridgehead atoms. The molecule has 3 N–H and O–H groups in total. The van der Waals surface area contributed by atoms with Gasteiger partial charge in [0.25, 0.3) is 11.8 Å². The molecule has 7 aromatic rings. The van der Waals surface area contributed by atoms with Crippen LogP contribution in [-0.4, -0.2) is 121 Å². The van der Waals surface area contributed by atoms with Crippen LogP contribution in [0.25, 0.3) is 43.8 Å². The second kappa shape index (κ2) is 21.1. The molecule has 0 aliphatic carbocycles. The molecule has 17 nitrogen and oxygen atoms in total. The number of imidazole rings is 1. The largest absolute Gasteiger partial charge is 0.493 e. The number of hydrogen-bond donors (Lipinski definition) is 3. The Balaban J connectivity index is 0.940. The number of aromatic nitrogens is 5. The number of piperidine rings is 1. The maximum absolute atomic E-state index is 14.8. The Hall–Kier alpha value is -7.24. The van der Waals surface area contributed by atoms with Crippen molar-refractivity contribution in [2.75, 3.05) is 45.9 Å². The summed E-state index contributed by atoms with van der Waals surface area (Å²) in [7, 11) is 1.91. The van der Waals surface area contributed by atoms with Crippen molar-refractivity contribution in [3.8, 4) is 22.6 Å². The fourth-order valence-corrected chi connectivity index (χ4v) is 10.2. The highest BCUT2D eigenvalue weighted by Gasteiger charge is 2.33. The zero-order chi connectivity index (χ0) is 51.7. The molecule has 2 saturated heterocycles. The van der Waals surface area contributed by atoms with Crippen molar-refractivity contribution in [3.05, 3.63) is 106 Å². The molecule has 5 heterocycles. The lowest BCUT2D eigenvalue weighted by atomic mass is 9.98. The number of benzene rings is 4. The Morgan fingerprint density at radius 1 is 0.918 bits per heavy atom. The summed E-state index contributed by atoms with van der Waals surface area (Å²) < 4.78 is 22.7. The molecular weight excluding hydrogens is 950 g/mol. The topological polar surface area (TPSA) is 195 Å². The van der Waals surface area contributed by atoms with Crippen molar-refractivity contribution >= 4 is 73.9 Å². The highest BCUT2D eigenvalue weighted by atomic mass is 35.5. The van der Waals surface area contributed by atoms with Gasteiger partial charge in [-0.1, -0.05) is 61.0 Å². The van der Waals surface area contributed by atoms with Gasteiger partial charge >= 0.3 is 5.97 Å². The fraction of sp³-hybridized carbons (Fsp3) is 0.400. The quantitative estimate of drug-likeness (QED) is 0.0458. The summed E-state index contributed by atoms with van der Waals surface area (Å²) in [4.78, 5) is 77.8. The fourth-order valence-electron chi connectivity index (χ4n) is 9.94. The second-order valence-corrected chi connectivity index (χ2v) is 20.0. The molecule has 18 heteroatoms. The number of rotatable bonds is 17. The van der Waals surface area contributed by atoms with Gasteiger partial charge in [-0.05, 0) is 89.5 Å². The number of esters is 1. The summed E-state index contributed by atoms with van der Waals surface area (Å²) in [6, 6.07) is 20.4. The first kappa shape index (κ1) is 50.7. The number of H-pyrrole nitrogens is 1. The van der Waals surface area contributed by atoms with E-state index in [1.807, 2.05) is 82.7 Å². The van der Waals surface area contributed by atoms with Crippen LogP contribution in [-0.2, 0) is 39.1 Å². The number of aryl methyl sites for hydroxylation is 4. The third-order valence-electron chi connectivity index (χ3n) is 14.2. The van der Waals surface area contributed by atoms with E-state index in [1.165, 1.54) is 6.07 Å².